The summed E-state index contributed by atoms with van der Waals surface area (Å²) in [6.45, 7) is 2.87. The van der Waals surface area contributed by atoms with Crippen LogP contribution in [0.25, 0.3) is 0 Å². The van der Waals surface area contributed by atoms with E-state index in [4.69, 9.17) is 5.21 Å². The molecule has 0 atom stereocenters. The summed E-state index contributed by atoms with van der Waals surface area (Å²) in [4.78, 5) is 0.0912. The molecule has 0 radical (unpaired) electrons. The molecule has 10 heavy (non-hydrogen) atoms. The van der Waals surface area contributed by atoms with E-state index in [9.17, 15) is 8.42 Å². The topological polar surface area (TPSA) is 78.4 Å². The molecule has 0 aromatic heterocycles. The van der Waals surface area contributed by atoms with Crippen molar-refractivity contribution in [2.75, 3.05) is 7.05 Å². The van der Waals surface area contributed by atoms with Gasteiger partial charge in [0.05, 0.1) is 0 Å². The second-order valence-electron chi connectivity index (χ2n) is 2.36. The summed E-state index contributed by atoms with van der Waals surface area (Å²) >= 11 is 0. The predicted molar refractivity (Wildman–Crippen MR) is 37.0 cm³/mol. The zero-order chi connectivity index (χ0) is 8.41. The molecule has 0 aromatic carbocycles. The lowest BCUT2D eigenvalue weighted by Crippen LogP contribution is -2.49. The first-order chi connectivity index (χ1) is 4.37. The summed E-state index contributed by atoms with van der Waals surface area (Å²) in [5, 5.41) is 10.7. The Hall–Kier alpha value is -0.170. The Morgan fingerprint density at radius 1 is 1.40 bits per heavy atom. The number of nitrogens with one attached hydrogen (secondary N) is 2. The Kier molecular flexibility index (Phi) is 2.78. The normalized spacial score (nSPS) is 13.6. The molecular formula is C4H12N2O3S. The van der Waals surface area contributed by atoms with Crippen molar-refractivity contribution in [3.63, 3.8) is 0 Å². The van der Waals surface area contributed by atoms with E-state index in [1.807, 2.05) is 0 Å². The Labute approximate surface area is 60.4 Å². The highest BCUT2D eigenvalue weighted by Crippen LogP contribution is 2.08. The van der Waals surface area contributed by atoms with Gasteiger partial charge in [0.25, 0.3) is 10.0 Å². The summed E-state index contributed by atoms with van der Waals surface area (Å²) in [6.07, 6.45) is 0. The third-order valence-electron chi connectivity index (χ3n) is 1.39. The highest BCUT2D eigenvalue weighted by atomic mass is 32.2. The molecule has 0 bridgehead atoms. The van der Waals surface area contributed by atoms with E-state index in [2.05, 4.69) is 5.32 Å². The highest BCUT2D eigenvalue weighted by Gasteiger charge is 2.31. The maximum atomic E-state index is 10.8. The van der Waals surface area contributed by atoms with Gasteiger partial charge in [-0.2, -0.15) is 0 Å². The van der Waals surface area contributed by atoms with Crippen LogP contribution in [0.4, 0.5) is 0 Å². The minimum Gasteiger partial charge on any atom is -0.302 e. The fourth-order valence-electron chi connectivity index (χ4n) is 0.248. The van der Waals surface area contributed by atoms with Crippen LogP contribution < -0.4 is 10.2 Å². The molecule has 3 N–H and O–H groups in total. The average molecular weight is 168 g/mol. The van der Waals surface area contributed by atoms with Gasteiger partial charge < -0.3 is 10.5 Å². The molecule has 0 aliphatic heterocycles. The Balaban J connectivity index is 4.64. The first-order valence-corrected chi connectivity index (χ1v) is 4.20. The molecule has 0 saturated carbocycles. The van der Waals surface area contributed by atoms with Gasteiger partial charge in [-0.25, -0.2) is 8.42 Å². The van der Waals surface area contributed by atoms with E-state index < -0.39 is 14.9 Å². The Bertz CT molecular complexity index is 197. The summed E-state index contributed by atoms with van der Waals surface area (Å²) in [6, 6.07) is 0. The first-order valence-electron chi connectivity index (χ1n) is 2.72. The summed E-state index contributed by atoms with van der Waals surface area (Å²) in [7, 11) is -2.16. The van der Waals surface area contributed by atoms with E-state index in [1.54, 1.807) is 0 Å². The molecule has 0 heterocycles. The van der Waals surface area contributed by atoms with Crippen LogP contribution in [0.15, 0.2) is 0 Å². The van der Waals surface area contributed by atoms with Crippen molar-refractivity contribution >= 4 is 10.0 Å². The summed E-state index contributed by atoms with van der Waals surface area (Å²) in [5.41, 5.74) is 0. The van der Waals surface area contributed by atoms with Crippen LogP contribution in [-0.2, 0) is 10.0 Å². The van der Waals surface area contributed by atoms with E-state index in [0.29, 0.717) is 0 Å². The molecule has 0 rings (SSSR count). The van der Waals surface area contributed by atoms with Crippen LogP contribution in [0.1, 0.15) is 13.8 Å². The molecule has 0 aliphatic carbocycles. The molecule has 0 spiro atoms. The zero-order valence-corrected chi connectivity index (χ0v) is 6.99. The maximum Gasteiger partial charge on any atom is 0.251 e. The van der Waals surface area contributed by atoms with Crippen LogP contribution in [0.3, 0.4) is 0 Å². The van der Waals surface area contributed by atoms with Gasteiger partial charge >= 0.3 is 0 Å². The summed E-state index contributed by atoms with van der Waals surface area (Å²) < 4.78 is 21.7. The molecule has 0 aliphatic rings. The van der Waals surface area contributed by atoms with E-state index >= 15 is 0 Å². The first kappa shape index (κ1) is 9.83. The van der Waals surface area contributed by atoms with Crippen molar-refractivity contribution < 1.29 is 13.6 Å². The highest BCUT2D eigenvalue weighted by molar-refractivity contribution is 7.90. The van der Waals surface area contributed by atoms with Gasteiger partial charge in [0.15, 0.2) is 0 Å². The summed E-state index contributed by atoms with van der Waals surface area (Å²) in [5.74, 6) is 0. The maximum absolute atomic E-state index is 10.8. The van der Waals surface area contributed by atoms with Crippen LogP contribution in [0.2, 0.25) is 0 Å². The van der Waals surface area contributed by atoms with Crippen molar-refractivity contribution in [3.05, 3.63) is 0 Å². The average Bonchev–Trinajstić information content (AvgIpc) is 1.88. The van der Waals surface area contributed by atoms with Crippen LogP contribution in [0.5, 0.6) is 0 Å². The van der Waals surface area contributed by atoms with Gasteiger partial charge in [-0.15, -0.1) is 0 Å². The number of rotatable bonds is 3. The van der Waals surface area contributed by atoms with E-state index in [-0.39, 0.29) is 0 Å². The van der Waals surface area contributed by atoms with Crippen molar-refractivity contribution in [3.8, 4) is 0 Å². The van der Waals surface area contributed by atoms with Gasteiger partial charge in [-0.05, 0) is 20.9 Å². The van der Waals surface area contributed by atoms with Crippen molar-refractivity contribution in [2.45, 2.75) is 18.7 Å². The van der Waals surface area contributed by atoms with Gasteiger partial charge in [0, 0.05) is 0 Å². The second kappa shape index (κ2) is 2.83. The molecular weight excluding hydrogens is 156 g/mol. The zero-order valence-electron chi connectivity index (χ0n) is 6.17. The molecule has 0 aromatic rings. The molecule has 0 amide bonds. The SMILES string of the molecule is CNC(C)(C)S(=O)(=O)NO. The largest absolute Gasteiger partial charge is 0.302 e. The lowest BCUT2D eigenvalue weighted by Gasteiger charge is -2.21. The fraction of sp³-hybridized carbons (Fsp3) is 1.00. The Morgan fingerprint density at radius 3 is 1.90 bits per heavy atom. The van der Waals surface area contributed by atoms with Crippen molar-refractivity contribution in [1.29, 1.82) is 0 Å². The van der Waals surface area contributed by atoms with Crippen LogP contribution in [0, 0.1) is 0 Å². The minimum atomic E-state index is -3.65. The molecule has 6 heteroatoms. The third kappa shape index (κ3) is 1.66. The Morgan fingerprint density at radius 2 is 1.80 bits per heavy atom. The van der Waals surface area contributed by atoms with Gasteiger partial charge in [-0.3, -0.25) is 0 Å². The molecule has 0 saturated heterocycles. The van der Waals surface area contributed by atoms with Gasteiger partial charge in [-0.1, -0.05) is 4.89 Å². The van der Waals surface area contributed by atoms with Crippen LogP contribution in [-0.4, -0.2) is 25.5 Å². The van der Waals surface area contributed by atoms with E-state index in [0.717, 1.165) is 0 Å². The number of sulfonamides is 1. The van der Waals surface area contributed by atoms with E-state index in [1.165, 1.54) is 25.8 Å². The second-order valence-corrected chi connectivity index (χ2v) is 4.57. The number of hydrogen-bond donors (Lipinski definition) is 3. The van der Waals surface area contributed by atoms with Crippen LogP contribution >= 0.6 is 0 Å². The monoisotopic (exact) mass is 168 g/mol. The molecule has 5 nitrogen and oxygen atoms in total. The molecule has 0 fully saturated rings. The third-order valence-corrected chi connectivity index (χ3v) is 3.18. The quantitative estimate of drug-likeness (QED) is 0.484. The standard InChI is InChI=1S/C4H12N2O3S/c1-4(2,5-3)10(8,9)6-7/h5-7H,1-3H3. The fourth-order valence-corrected chi connectivity index (χ4v) is 0.745. The van der Waals surface area contributed by atoms with Crippen molar-refractivity contribution in [1.82, 2.24) is 10.2 Å². The molecule has 0 unspecified atom stereocenters. The predicted octanol–water partition coefficient (Wildman–Crippen LogP) is -0.749. The number of hydrogen-bond acceptors (Lipinski definition) is 4. The van der Waals surface area contributed by atoms with Gasteiger partial charge in [0.2, 0.25) is 0 Å². The molecule has 62 valence electrons. The van der Waals surface area contributed by atoms with Crippen molar-refractivity contribution in [2.24, 2.45) is 0 Å². The minimum absolute atomic E-state index is 1.15. The lowest BCUT2D eigenvalue weighted by atomic mass is 10.4. The lowest BCUT2D eigenvalue weighted by molar-refractivity contribution is 0.236. The van der Waals surface area contributed by atoms with Gasteiger partial charge in [0.1, 0.15) is 4.87 Å². The smallest absolute Gasteiger partial charge is 0.251 e.